The highest BCUT2D eigenvalue weighted by atomic mass is 35.5. The van der Waals surface area contributed by atoms with Crippen LogP contribution in [0, 0.1) is 26.6 Å². The molecule has 3 aromatic rings. The molecule has 2 heterocycles. The van der Waals surface area contributed by atoms with E-state index in [-0.39, 0.29) is 21.6 Å². The third-order valence-corrected chi connectivity index (χ3v) is 4.72. The van der Waals surface area contributed by atoms with E-state index >= 15 is 0 Å². The highest BCUT2D eigenvalue weighted by Gasteiger charge is 2.19. The van der Waals surface area contributed by atoms with Crippen molar-refractivity contribution in [2.75, 3.05) is 5.32 Å². The fourth-order valence-electron chi connectivity index (χ4n) is 2.38. The Morgan fingerprint density at radius 2 is 1.93 bits per heavy atom. The van der Waals surface area contributed by atoms with Crippen molar-refractivity contribution in [3.63, 3.8) is 0 Å². The molecule has 2 aromatic heterocycles. The minimum absolute atomic E-state index is 0.0223. The Bertz CT molecular complexity index is 1120. The number of halogens is 3. The summed E-state index contributed by atoms with van der Waals surface area (Å²) in [4.78, 5) is 31.2. The van der Waals surface area contributed by atoms with Gasteiger partial charge in [-0.05, 0) is 39.0 Å². The number of carbonyl (C=O) groups is 1. The number of aromatic nitrogens is 4. The molecule has 10 heteroatoms. The number of hydrogen-bond acceptors (Lipinski definition) is 4. The standard InChI is InChI=1S/C17H14Cl2FN5O2/c1-7-8(2)24-25(17-21-9(3)13(19)16(27)23-17)14(7)22-15(26)10-4-5-12(20)11(18)6-10/h4-6H,1-3H3,(H,22,26)(H,21,23,27). The van der Waals surface area contributed by atoms with Crippen molar-refractivity contribution < 1.29 is 9.18 Å². The van der Waals surface area contributed by atoms with Gasteiger partial charge in [0, 0.05) is 11.1 Å². The first-order valence-corrected chi connectivity index (χ1v) is 8.54. The van der Waals surface area contributed by atoms with Gasteiger partial charge in [0.2, 0.25) is 5.95 Å². The van der Waals surface area contributed by atoms with Gasteiger partial charge in [-0.15, -0.1) is 0 Å². The van der Waals surface area contributed by atoms with Crippen LogP contribution in [0.25, 0.3) is 5.95 Å². The lowest BCUT2D eigenvalue weighted by Gasteiger charge is -2.10. The summed E-state index contributed by atoms with van der Waals surface area (Å²) in [5, 5.41) is 6.83. The van der Waals surface area contributed by atoms with Crippen molar-refractivity contribution in [1.29, 1.82) is 0 Å². The lowest BCUT2D eigenvalue weighted by atomic mass is 10.2. The minimum atomic E-state index is -0.622. The van der Waals surface area contributed by atoms with E-state index in [0.717, 1.165) is 6.07 Å². The van der Waals surface area contributed by atoms with Crippen molar-refractivity contribution in [3.05, 3.63) is 66.9 Å². The number of rotatable bonds is 3. The fourth-order valence-corrected chi connectivity index (χ4v) is 2.65. The average Bonchev–Trinajstić information content (AvgIpc) is 2.90. The van der Waals surface area contributed by atoms with E-state index < -0.39 is 17.3 Å². The largest absolute Gasteiger partial charge is 0.306 e. The number of aromatic amines is 1. The number of amides is 1. The van der Waals surface area contributed by atoms with Gasteiger partial charge < -0.3 is 5.32 Å². The van der Waals surface area contributed by atoms with Crippen molar-refractivity contribution in [2.45, 2.75) is 20.8 Å². The summed E-state index contributed by atoms with van der Waals surface area (Å²) in [5.41, 5.74) is 1.26. The van der Waals surface area contributed by atoms with Crippen LogP contribution in [-0.2, 0) is 0 Å². The lowest BCUT2D eigenvalue weighted by molar-refractivity contribution is 0.102. The summed E-state index contributed by atoms with van der Waals surface area (Å²) in [5.74, 6) is -0.730. The van der Waals surface area contributed by atoms with Gasteiger partial charge in [0.15, 0.2) is 0 Å². The third-order valence-electron chi connectivity index (χ3n) is 3.99. The van der Waals surface area contributed by atoms with E-state index in [1.165, 1.54) is 16.8 Å². The molecule has 0 aliphatic carbocycles. The zero-order valence-electron chi connectivity index (χ0n) is 14.5. The number of aryl methyl sites for hydroxylation is 2. The van der Waals surface area contributed by atoms with Crippen molar-refractivity contribution in [3.8, 4) is 5.95 Å². The van der Waals surface area contributed by atoms with Crippen LogP contribution in [0.3, 0.4) is 0 Å². The molecular weight excluding hydrogens is 396 g/mol. The molecule has 0 aliphatic rings. The Morgan fingerprint density at radius 3 is 2.56 bits per heavy atom. The van der Waals surface area contributed by atoms with Gasteiger partial charge in [-0.2, -0.15) is 9.78 Å². The molecule has 0 saturated heterocycles. The molecule has 1 aromatic carbocycles. The summed E-state index contributed by atoms with van der Waals surface area (Å²) < 4.78 is 14.6. The van der Waals surface area contributed by atoms with E-state index in [2.05, 4.69) is 20.4 Å². The van der Waals surface area contributed by atoms with Gasteiger partial charge in [-0.1, -0.05) is 23.2 Å². The normalized spacial score (nSPS) is 10.9. The number of nitrogens with one attached hydrogen (secondary N) is 2. The van der Waals surface area contributed by atoms with E-state index in [1.54, 1.807) is 20.8 Å². The smallest absolute Gasteiger partial charge is 0.271 e. The van der Waals surface area contributed by atoms with Crippen LogP contribution in [0.2, 0.25) is 10.0 Å². The number of H-pyrrole nitrogens is 1. The SMILES string of the molecule is Cc1nn(-c2nc(C)c(Cl)c(=O)[nH]2)c(NC(=O)c2ccc(F)c(Cl)c2)c1C. The summed E-state index contributed by atoms with van der Waals surface area (Å²) >= 11 is 11.6. The molecule has 2 N–H and O–H groups in total. The number of carbonyl (C=O) groups excluding carboxylic acids is 1. The minimum Gasteiger partial charge on any atom is -0.306 e. The highest BCUT2D eigenvalue weighted by Crippen LogP contribution is 2.23. The van der Waals surface area contributed by atoms with Crippen molar-refractivity contribution >= 4 is 34.9 Å². The van der Waals surface area contributed by atoms with Crippen LogP contribution in [0.5, 0.6) is 0 Å². The van der Waals surface area contributed by atoms with Crippen molar-refractivity contribution in [1.82, 2.24) is 19.7 Å². The van der Waals surface area contributed by atoms with Crippen LogP contribution in [0.15, 0.2) is 23.0 Å². The Balaban J connectivity index is 2.05. The maximum Gasteiger partial charge on any atom is 0.271 e. The zero-order chi connectivity index (χ0) is 19.9. The lowest BCUT2D eigenvalue weighted by Crippen LogP contribution is -2.20. The molecule has 0 spiro atoms. The highest BCUT2D eigenvalue weighted by molar-refractivity contribution is 6.31. The van der Waals surface area contributed by atoms with Gasteiger partial charge >= 0.3 is 0 Å². The van der Waals surface area contributed by atoms with Crippen molar-refractivity contribution in [2.24, 2.45) is 0 Å². The van der Waals surface area contributed by atoms with Crippen LogP contribution in [0.1, 0.15) is 27.3 Å². The summed E-state index contributed by atoms with van der Waals surface area (Å²) in [6, 6.07) is 3.64. The Hall–Kier alpha value is -2.71. The van der Waals surface area contributed by atoms with Crippen LogP contribution >= 0.6 is 23.2 Å². The predicted octanol–water partition coefficient (Wildman–Crippen LogP) is 3.58. The predicted molar refractivity (Wildman–Crippen MR) is 101 cm³/mol. The molecule has 0 bridgehead atoms. The summed E-state index contributed by atoms with van der Waals surface area (Å²) in [6.07, 6.45) is 0. The molecule has 7 nitrogen and oxygen atoms in total. The Morgan fingerprint density at radius 1 is 1.22 bits per heavy atom. The fraction of sp³-hybridized carbons (Fsp3) is 0.176. The monoisotopic (exact) mass is 409 g/mol. The summed E-state index contributed by atoms with van der Waals surface area (Å²) in [6.45, 7) is 5.09. The second-order valence-corrected chi connectivity index (χ2v) is 6.63. The number of anilines is 1. The Kier molecular flexibility index (Phi) is 5.03. The Labute approximate surface area is 163 Å². The van der Waals surface area contributed by atoms with Gasteiger partial charge in [-0.3, -0.25) is 14.6 Å². The van der Waals surface area contributed by atoms with Crippen LogP contribution in [-0.4, -0.2) is 25.7 Å². The maximum atomic E-state index is 13.3. The van der Waals surface area contributed by atoms with Gasteiger partial charge in [-0.25, -0.2) is 9.37 Å². The molecule has 0 unspecified atom stereocenters. The molecule has 0 aliphatic heterocycles. The topological polar surface area (TPSA) is 92.7 Å². The van der Waals surface area contributed by atoms with E-state index in [4.69, 9.17) is 23.2 Å². The van der Waals surface area contributed by atoms with Crippen LogP contribution in [0.4, 0.5) is 10.2 Å². The van der Waals surface area contributed by atoms with Crippen LogP contribution < -0.4 is 10.9 Å². The first-order valence-electron chi connectivity index (χ1n) is 7.78. The maximum absolute atomic E-state index is 13.3. The number of nitrogens with zero attached hydrogens (tertiary/aromatic N) is 3. The molecule has 3 rings (SSSR count). The molecule has 0 saturated carbocycles. The number of hydrogen-bond donors (Lipinski definition) is 2. The first-order chi connectivity index (χ1) is 12.7. The van der Waals surface area contributed by atoms with Gasteiger partial charge in [0.05, 0.1) is 16.4 Å². The molecular formula is C17H14Cl2FN5O2. The van der Waals surface area contributed by atoms with E-state index in [0.29, 0.717) is 22.8 Å². The average molecular weight is 410 g/mol. The molecule has 0 atom stereocenters. The molecule has 140 valence electrons. The second kappa shape index (κ2) is 7.13. The number of benzene rings is 1. The molecule has 0 radical (unpaired) electrons. The van der Waals surface area contributed by atoms with E-state index in [1.807, 2.05) is 0 Å². The molecule has 1 amide bonds. The second-order valence-electron chi connectivity index (χ2n) is 5.84. The van der Waals surface area contributed by atoms with Gasteiger partial charge in [0.25, 0.3) is 11.5 Å². The first kappa shape index (κ1) is 19.1. The van der Waals surface area contributed by atoms with E-state index in [9.17, 15) is 14.0 Å². The van der Waals surface area contributed by atoms with Gasteiger partial charge in [0.1, 0.15) is 16.7 Å². The third kappa shape index (κ3) is 3.58. The molecule has 27 heavy (non-hydrogen) atoms. The zero-order valence-corrected chi connectivity index (χ0v) is 16.0. The molecule has 0 fully saturated rings. The quantitative estimate of drug-likeness (QED) is 0.691. The summed E-state index contributed by atoms with van der Waals surface area (Å²) in [7, 11) is 0.